The highest BCUT2D eigenvalue weighted by atomic mass is 32.2. The molecule has 0 saturated heterocycles. The summed E-state index contributed by atoms with van der Waals surface area (Å²) in [6, 6.07) is 1.19. The molecular formula is C9H10F2O4S. The van der Waals surface area contributed by atoms with Crippen LogP contribution in [0.4, 0.5) is 8.78 Å². The van der Waals surface area contributed by atoms with Crippen LogP contribution in [-0.4, -0.2) is 33.0 Å². The quantitative estimate of drug-likeness (QED) is 0.858. The van der Waals surface area contributed by atoms with Crippen LogP contribution >= 0.6 is 0 Å². The van der Waals surface area contributed by atoms with Crippen LogP contribution in [0.2, 0.25) is 0 Å². The lowest BCUT2D eigenvalue weighted by molar-refractivity contribution is 0.319. The predicted molar refractivity (Wildman–Crippen MR) is 52.0 cm³/mol. The molecule has 0 spiro atoms. The van der Waals surface area contributed by atoms with E-state index < -0.39 is 38.7 Å². The van der Waals surface area contributed by atoms with Crippen LogP contribution in [0.25, 0.3) is 0 Å². The van der Waals surface area contributed by atoms with Crippen LogP contribution < -0.4 is 4.74 Å². The topological polar surface area (TPSA) is 63.6 Å². The van der Waals surface area contributed by atoms with Gasteiger partial charge >= 0.3 is 0 Å². The van der Waals surface area contributed by atoms with Crippen LogP contribution in [-0.2, 0) is 9.84 Å². The van der Waals surface area contributed by atoms with Gasteiger partial charge in [-0.1, -0.05) is 0 Å². The minimum atomic E-state index is -4.01. The van der Waals surface area contributed by atoms with Gasteiger partial charge in [0, 0.05) is 6.07 Å². The number of aliphatic hydroxyl groups excluding tert-OH is 1. The van der Waals surface area contributed by atoms with E-state index in [1.165, 1.54) is 0 Å². The molecule has 0 heterocycles. The van der Waals surface area contributed by atoms with Crippen LogP contribution in [0, 0.1) is 11.6 Å². The van der Waals surface area contributed by atoms with Crippen molar-refractivity contribution in [1.29, 1.82) is 0 Å². The van der Waals surface area contributed by atoms with E-state index >= 15 is 0 Å². The average Bonchev–Trinajstić information content (AvgIpc) is 2.20. The van der Waals surface area contributed by atoms with Gasteiger partial charge in [0.15, 0.2) is 21.4 Å². The second-order valence-electron chi connectivity index (χ2n) is 2.96. The summed E-state index contributed by atoms with van der Waals surface area (Å²) in [5.74, 6) is -3.11. The Labute approximate surface area is 91.4 Å². The van der Waals surface area contributed by atoms with Gasteiger partial charge in [-0.2, -0.15) is 0 Å². The molecule has 7 heteroatoms. The van der Waals surface area contributed by atoms with E-state index in [1.807, 2.05) is 0 Å². The Morgan fingerprint density at radius 2 is 1.94 bits per heavy atom. The van der Waals surface area contributed by atoms with Gasteiger partial charge in [-0.25, -0.2) is 17.2 Å². The lowest BCUT2D eigenvalue weighted by Crippen LogP contribution is -2.12. The van der Waals surface area contributed by atoms with Crippen molar-refractivity contribution in [2.75, 3.05) is 19.5 Å². The summed E-state index contributed by atoms with van der Waals surface area (Å²) in [6.07, 6.45) is 0. The Morgan fingerprint density at radius 1 is 1.31 bits per heavy atom. The monoisotopic (exact) mass is 252 g/mol. The summed E-state index contributed by atoms with van der Waals surface area (Å²) in [6.45, 7) is -0.657. The Bertz CT molecular complexity index is 485. The van der Waals surface area contributed by atoms with Gasteiger partial charge in [0.25, 0.3) is 0 Å². The van der Waals surface area contributed by atoms with Gasteiger partial charge in [0.2, 0.25) is 0 Å². The number of hydrogen-bond donors (Lipinski definition) is 1. The molecule has 0 aliphatic rings. The Hall–Kier alpha value is -1.21. The second-order valence-corrected chi connectivity index (χ2v) is 5.04. The zero-order valence-electron chi connectivity index (χ0n) is 8.41. The maximum Gasteiger partial charge on any atom is 0.183 e. The van der Waals surface area contributed by atoms with Gasteiger partial charge in [-0.15, -0.1) is 0 Å². The molecule has 1 aromatic rings. The van der Waals surface area contributed by atoms with E-state index in [0.29, 0.717) is 12.1 Å². The number of sulfone groups is 1. The van der Waals surface area contributed by atoms with Crippen molar-refractivity contribution in [2.24, 2.45) is 0 Å². The normalized spacial score (nSPS) is 11.5. The highest BCUT2D eigenvalue weighted by Crippen LogP contribution is 2.24. The van der Waals surface area contributed by atoms with Gasteiger partial charge in [0.05, 0.1) is 19.5 Å². The molecule has 0 unspecified atom stereocenters. The smallest absolute Gasteiger partial charge is 0.183 e. The molecule has 4 nitrogen and oxygen atoms in total. The summed E-state index contributed by atoms with van der Waals surface area (Å²) in [4.78, 5) is -0.778. The molecular weight excluding hydrogens is 242 g/mol. The molecule has 0 radical (unpaired) electrons. The maximum atomic E-state index is 13.3. The number of methoxy groups -OCH3 is 1. The molecule has 16 heavy (non-hydrogen) atoms. The minimum absolute atomic E-state index is 0.375. The van der Waals surface area contributed by atoms with Crippen LogP contribution in [0.5, 0.6) is 5.75 Å². The van der Waals surface area contributed by atoms with Crippen LogP contribution in [0.15, 0.2) is 17.0 Å². The Morgan fingerprint density at radius 3 is 2.44 bits per heavy atom. The van der Waals surface area contributed by atoms with Crippen molar-refractivity contribution in [3.63, 3.8) is 0 Å². The number of rotatable bonds is 4. The Balaban J connectivity index is 3.31. The van der Waals surface area contributed by atoms with E-state index in [-0.39, 0.29) is 5.75 Å². The number of benzene rings is 1. The van der Waals surface area contributed by atoms with E-state index in [2.05, 4.69) is 4.74 Å². The first-order valence-electron chi connectivity index (χ1n) is 4.29. The van der Waals surface area contributed by atoms with Gasteiger partial charge < -0.3 is 9.84 Å². The fourth-order valence-electron chi connectivity index (χ4n) is 1.14. The molecule has 0 atom stereocenters. The number of hydrogen-bond acceptors (Lipinski definition) is 4. The highest BCUT2D eigenvalue weighted by Gasteiger charge is 2.21. The minimum Gasteiger partial charge on any atom is -0.494 e. The lowest BCUT2D eigenvalue weighted by Gasteiger charge is -2.07. The van der Waals surface area contributed by atoms with Crippen molar-refractivity contribution in [3.8, 4) is 5.75 Å². The summed E-state index contributed by atoms with van der Waals surface area (Å²) in [5, 5.41) is 8.50. The van der Waals surface area contributed by atoms with Crippen molar-refractivity contribution in [1.82, 2.24) is 0 Å². The molecule has 1 N–H and O–H groups in total. The van der Waals surface area contributed by atoms with Gasteiger partial charge in [-0.05, 0) is 6.07 Å². The van der Waals surface area contributed by atoms with E-state index in [9.17, 15) is 17.2 Å². The zero-order chi connectivity index (χ0) is 12.3. The molecule has 0 bridgehead atoms. The first-order valence-corrected chi connectivity index (χ1v) is 5.94. The molecule has 0 aliphatic carbocycles. The Kier molecular flexibility index (Phi) is 3.82. The summed E-state index contributed by atoms with van der Waals surface area (Å²) in [7, 11) is -2.87. The third kappa shape index (κ3) is 2.48. The third-order valence-corrected chi connectivity index (χ3v) is 3.60. The molecule has 0 saturated carbocycles. The van der Waals surface area contributed by atoms with Crippen LogP contribution in [0.1, 0.15) is 0 Å². The summed E-state index contributed by atoms with van der Waals surface area (Å²) in [5.41, 5.74) is 0. The highest BCUT2D eigenvalue weighted by molar-refractivity contribution is 7.91. The first kappa shape index (κ1) is 12.9. The van der Waals surface area contributed by atoms with Gasteiger partial charge in [0.1, 0.15) is 10.7 Å². The zero-order valence-corrected chi connectivity index (χ0v) is 9.22. The SMILES string of the molecule is COc1cc(F)c(S(=O)(=O)CCO)cc1F. The molecule has 1 aromatic carbocycles. The van der Waals surface area contributed by atoms with Crippen molar-refractivity contribution >= 4 is 9.84 Å². The van der Waals surface area contributed by atoms with Crippen molar-refractivity contribution in [2.45, 2.75) is 4.90 Å². The van der Waals surface area contributed by atoms with E-state index in [0.717, 1.165) is 7.11 Å². The van der Waals surface area contributed by atoms with Crippen molar-refractivity contribution in [3.05, 3.63) is 23.8 Å². The third-order valence-electron chi connectivity index (χ3n) is 1.90. The van der Waals surface area contributed by atoms with Gasteiger partial charge in [-0.3, -0.25) is 0 Å². The molecule has 0 aromatic heterocycles. The number of ether oxygens (including phenoxy) is 1. The molecule has 0 amide bonds. The van der Waals surface area contributed by atoms with Crippen LogP contribution in [0.3, 0.4) is 0 Å². The van der Waals surface area contributed by atoms with E-state index in [4.69, 9.17) is 5.11 Å². The molecule has 90 valence electrons. The number of halogens is 2. The number of aliphatic hydroxyl groups is 1. The largest absolute Gasteiger partial charge is 0.494 e. The second kappa shape index (κ2) is 4.75. The molecule has 0 aliphatic heterocycles. The molecule has 0 fully saturated rings. The average molecular weight is 252 g/mol. The van der Waals surface area contributed by atoms with E-state index in [1.54, 1.807) is 0 Å². The van der Waals surface area contributed by atoms with Crippen molar-refractivity contribution < 1.29 is 27.0 Å². The maximum absolute atomic E-state index is 13.3. The first-order chi connectivity index (χ1) is 7.42. The lowest BCUT2D eigenvalue weighted by atomic mass is 10.3. The predicted octanol–water partition coefficient (Wildman–Crippen LogP) is 0.739. The molecule has 1 rings (SSSR count). The standard InChI is InChI=1S/C9H10F2O4S/c1-15-8-4-7(11)9(5-6(8)10)16(13,14)3-2-12/h4-5,12H,2-3H2,1H3. The fraction of sp³-hybridized carbons (Fsp3) is 0.333. The summed E-state index contributed by atoms with van der Waals surface area (Å²) < 4.78 is 53.8. The fourth-order valence-corrected chi connectivity index (χ4v) is 2.23. The summed E-state index contributed by atoms with van der Waals surface area (Å²) >= 11 is 0.